The van der Waals surface area contributed by atoms with Crippen LogP contribution in [-0.2, 0) is 16.6 Å². The molecule has 2 heterocycles. The summed E-state index contributed by atoms with van der Waals surface area (Å²) in [7, 11) is 1.83. The van der Waals surface area contributed by atoms with E-state index < -0.39 is 11.2 Å². The van der Waals surface area contributed by atoms with Crippen LogP contribution in [0.2, 0.25) is 0 Å². The zero-order valence-corrected chi connectivity index (χ0v) is 21.5. The molecule has 5 nitrogen and oxygen atoms in total. The Bertz CT molecular complexity index is 1060. The second-order valence-electron chi connectivity index (χ2n) is 13.8. The second kappa shape index (κ2) is 6.33. The van der Waals surface area contributed by atoms with Gasteiger partial charge in [-0.25, -0.2) is 0 Å². The molecule has 2 N–H and O–H groups in total. The first-order valence-electron chi connectivity index (χ1n) is 13.6. The van der Waals surface area contributed by atoms with E-state index in [1.807, 2.05) is 20.1 Å². The van der Waals surface area contributed by atoms with Crippen molar-refractivity contribution < 1.29 is 19.7 Å². The van der Waals surface area contributed by atoms with Gasteiger partial charge in [0.1, 0.15) is 11.7 Å². The Morgan fingerprint density at radius 3 is 2.59 bits per heavy atom. The average molecular weight is 468 g/mol. The largest absolute Gasteiger partial charge is 0.504 e. The molecule has 1 unspecified atom stereocenters. The number of phenolic OH excluding ortho intramolecular Hbond substituents is 1. The number of piperidine rings is 1. The number of fused-ring (bicyclic) bond motifs is 2. The molecule has 1 saturated heterocycles. The van der Waals surface area contributed by atoms with Gasteiger partial charge >= 0.3 is 0 Å². The second-order valence-corrected chi connectivity index (χ2v) is 13.8. The lowest BCUT2D eigenvalue weighted by Crippen LogP contribution is -2.83. The summed E-state index contributed by atoms with van der Waals surface area (Å²) in [6, 6.07) is 4.46. The highest BCUT2D eigenvalue weighted by atomic mass is 16.6. The Kier molecular flexibility index (Phi) is 4.08. The van der Waals surface area contributed by atoms with Crippen molar-refractivity contribution in [3.63, 3.8) is 0 Å². The third-order valence-electron chi connectivity index (χ3n) is 11.9. The molecule has 5 fully saturated rings. The molecule has 7 aliphatic rings. The number of hydrogen-bond acceptors (Lipinski definition) is 5. The van der Waals surface area contributed by atoms with Crippen LogP contribution in [0.3, 0.4) is 0 Å². The standard InChI is InChI=1S/C29H41NO4/c1-25(2,3)26(4,32)20-15-27-10-11-29(20,33-5)24-28(27)12-13-30(16-17-6-7-17)21(27)14-18-8-9-19(31)23(34-24)22(18)28/h8-9,17,20-21,24,31-32H,6-7,10-16H2,1-5H3/t20-,21?,24-,26+,27-,28+,29+/m1/s1. The summed E-state index contributed by atoms with van der Waals surface area (Å²) in [6.45, 7) is 10.8. The van der Waals surface area contributed by atoms with Crippen molar-refractivity contribution in [2.45, 2.75) is 101 Å². The minimum Gasteiger partial charge on any atom is -0.504 e. The van der Waals surface area contributed by atoms with Crippen molar-refractivity contribution in [3.05, 3.63) is 23.3 Å². The van der Waals surface area contributed by atoms with Gasteiger partial charge < -0.3 is 19.7 Å². The van der Waals surface area contributed by atoms with E-state index in [1.165, 1.54) is 30.5 Å². The summed E-state index contributed by atoms with van der Waals surface area (Å²) in [6.07, 6.45) is 7.64. The maximum Gasteiger partial charge on any atom is 0.165 e. The van der Waals surface area contributed by atoms with E-state index in [1.54, 1.807) is 0 Å². The molecule has 2 spiro atoms. The minimum absolute atomic E-state index is 0.0294. The molecular formula is C29H41NO4. The predicted molar refractivity (Wildman–Crippen MR) is 130 cm³/mol. The van der Waals surface area contributed by atoms with Crippen molar-refractivity contribution in [1.29, 1.82) is 0 Å². The molecule has 7 atom stereocenters. The van der Waals surface area contributed by atoms with E-state index in [4.69, 9.17) is 9.47 Å². The number of rotatable bonds is 4. The van der Waals surface area contributed by atoms with Crippen LogP contribution in [0.25, 0.3) is 0 Å². The van der Waals surface area contributed by atoms with E-state index in [0.29, 0.717) is 11.8 Å². The molecule has 5 heteroatoms. The van der Waals surface area contributed by atoms with Crippen molar-refractivity contribution in [2.75, 3.05) is 20.2 Å². The molecule has 4 bridgehead atoms. The van der Waals surface area contributed by atoms with Gasteiger partial charge in [-0.15, -0.1) is 0 Å². The fraction of sp³-hybridized carbons (Fsp3) is 0.793. The van der Waals surface area contributed by atoms with Crippen molar-refractivity contribution in [2.24, 2.45) is 22.7 Å². The zero-order valence-electron chi connectivity index (χ0n) is 21.5. The Hall–Kier alpha value is -1.30. The molecule has 34 heavy (non-hydrogen) atoms. The van der Waals surface area contributed by atoms with E-state index in [9.17, 15) is 10.2 Å². The van der Waals surface area contributed by atoms with Gasteiger partial charge in [0.05, 0.1) is 5.60 Å². The van der Waals surface area contributed by atoms with Gasteiger partial charge in [0.25, 0.3) is 0 Å². The summed E-state index contributed by atoms with van der Waals surface area (Å²) in [5.41, 5.74) is 0.783. The predicted octanol–water partition coefficient (Wildman–Crippen LogP) is 4.41. The SMILES string of the molecule is CO[C@@]12CC[C@@]3(C[C@@H]1[C@](C)(O)C(C)(C)C)C1Cc4ccc(O)c5c4[C@@]3(CCN1CC1CC1)[C@H]2O5. The van der Waals surface area contributed by atoms with Crippen molar-refractivity contribution in [1.82, 2.24) is 4.90 Å². The lowest BCUT2D eigenvalue weighted by atomic mass is 9.33. The summed E-state index contributed by atoms with van der Waals surface area (Å²) in [5, 5.41) is 23.2. The quantitative estimate of drug-likeness (QED) is 0.687. The van der Waals surface area contributed by atoms with Crippen LogP contribution in [0.5, 0.6) is 11.5 Å². The van der Waals surface area contributed by atoms with Gasteiger partial charge in [-0.05, 0) is 81.4 Å². The lowest BCUT2D eigenvalue weighted by Gasteiger charge is -2.75. The monoisotopic (exact) mass is 467 g/mol. The third kappa shape index (κ3) is 2.25. The number of aromatic hydroxyl groups is 1. The van der Waals surface area contributed by atoms with Gasteiger partial charge in [-0.3, -0.25) is 4.90 Å². The molecule has 4 saturated carbocycles. The first-order chi connectivity index (χ1) is 16.0. The highest BCUT2D eigenvalue weighted by molar-refractivity contribution is 5.63. The van der Waals surface area contributed by atoms with Crippen LogP contribution in [0.1, 0.15) is 77.3 Å². The lowest BCUT2D eigenvalue weighted by molar-refractivity contribution is -0.312. The summed E-state index contributed by atoms with van der Waals surface area (Å²) in [5.74, 6) is 1.80. The van der Waals surface area contributed by atoms with E-state index in [0.717, 1.165) is 44.6 Å². The normalized spacial score (nSPS) is 43.9. The Morgan fingerprint density at radius 1 is 1.15 bits per heavy atom. The van der Waals surface area contributed by atoms with Crippen LogP contribution >= 0.6 is 0 Å². The maximum absolute atomic E-state index is 12.2. The van der Waals surface area contributed by atoms with Crippen LogP contribution in [0, 0.1) is 22.7 Å². The van der Waals surface area contributed by atoms with Crippen LogP contribution in [0.4, 0.5) is 0 Å². The fourth-order valence-corrected chi connectivity index (χ4v) is 9.58. The number of aliphatic hydroxyl groups is 1. The van der Waals surface area contributed by atoms with E-state index in [-0.39, 0.29) is 34.0 Å². The van der Waals surface area contributed by atoms with Gasteiger partial charge in [-0.2, -0.15) is 0 Å². The molecule has 8 rings (SSSR count). The molecule has 1 aromatic carbocycles. The molecule has 1 aromatic rings. The van der Waals surface area contributed by atoms with E-state index >= 15 is 0 Å². The number of phenols is 1. The Labute approximate surface area is 203 Å². The Morgan fingerprint density at radius 2 is 1.91 bits per heavy atom. The van der Waals surface area contributed by atoms with Gasteiger partial charge in [0.15, 0.2) is 11.5 Å². The number of nitrogens with zero attached hydrogens (tertiary/aromatic N) is 1. The molecule has 0 radical (unpaired) electrons. The van der Waals surface area contributed by atoms with Gasteiger partial charge in [-0.1, -0.05) is 26.8 Å². The summed E-state index contributed by atoms with van der Waals surface area (Å²) >= 11 is 0. The average Bonchev–Trinajstić information content (AvgIpc) is 3.53. The molecule has 0 aromatic heterocycles. The molecule has 2 aliphatic heterocycles. The number of benzene rings is 1. The van der Waals surface area contributed by atoms with Crippen LogP contribution in [-0.4, -0.2) is 58.7 Å². The van der Waals surface area contributed by atoms with Gasteiger partial charge in [0.2, 0.25) is 0 Å². The van der Waals surface area contributed by atoms with Crippen LogP contribution in [0.15, 0.2) is 12.1 Å². The van der Waals surface area contributed by atoms with Crippen LogP contribution < -0.4 is 4.74 Å². The molecule has 5 aliphatic carbocycles. The van der Waals surface area contributed by atoms with E-state index in [2.05, 4.69) is 31.7 Å². The first-order valence-corrected chi connectivity index (χ1v) is 13.6. The number of ether oxygens (including phenoxy) is 2. The van der Waals surface area contributed by atoms with Gasteiger partial charge in [0, 0.05) is 42.0 Å². The fourth-order valence-electron chi connectivity index (χ4n) is 9.58. The number of methoxy groups -OCH3 is 1. The number of likely N-dealkylation sites (tertiary alicyclic amines) is 1. The maximum atomic E-state index is 12.2. The highest BCUT2D eigenvalue weighted by Gasteiger charge is 2.82. The topological polar surface area (TPSA) is 62.2 Å². The number of hydrogen-bond donors (Lipinski definition) is 2. The zero-order chi connectivity index (χ0) is 23.9. The van der Waals surface area contributed by atoms with Crippen molar-refractivity contribution in [3.8, 4) is 11.5 Å². The smallest absolute Gasteiger partial charge is 0.165 e. The minimum atomic E-state index is -0.909. The van der Waals surface area contributed by atoms with Crippen molar-refractivity contribution >= 4 is 0 Å². The molecule has 186 valence electrons. The summed E-state index contributed by atoms with van der Waals surface area (Å²) < 4.78 is 13.5. The molecular weight excluding hydrogens is 426 g/mol. The third-order valence-corrected chi connectivity index (χ3v) is 11.9. The first kappa shape index (κ1) is 21.9. The molecule has 0 amide bonds. The summed E-state index contributed by atoms with van der Waals surface area (Å²) in [4.78, 5) is 2.82. The highest BCUT2D eigenvalue weighted by Crippen LogP contribution is 2.78. The Balaban J connectivity index is 1.47.